The molecule has 1 atom stereocenters. The second-order valence-electron chi connectivity index (χ2n) is 2.92. The van der Waals surface area contributed by atoms with Crippen LogP contribution in [0.3, 0.4) is 0 Å². The lowest BCUT2D eigenvalue weighted by atomic mass is 10.0. The summed E-state index contributed by atoms with van der Waals surface area (Å²) in [6.07, 6.45) is 1.14. The van der Waals surface area contributed by atoms with Crippen molar-refractivity contribution in [3.05, 3.63) is 0 Å². The highest BCUT2D eigenvalue weighted by atomic mass is 16.3. The van der Waals surface area contributed by atoms with Crippen LogP contribution in [0.15, 0.2) is 0 Å². The fraction of sp³-hybridized carbons (Fsp3) is 1.00. The molecule has 0 bridgehead atoms. The van der Waals surface area contributed by atoms with Gasteiger partial charge in [0.2, 0.25) is 0 Å². The summed E-state index contributed by atoms with van der Waals surface area (Å²) < 4.78 is 0. The zero-order valence-electron chi connectivity index (χ0n) is 6.02. The minimum atomic E-state index is 0. The van der Waals surface area contributed by atoms with Crippen molar-refractivity contribution in [1.29, 1.82) is 0 Å². The molecule has 0 spiro atoms. The molecule has 0 fully saturated rings. The van der Waals surface area contributed by atoms with E-state index in [-0.39, 0.29) is 7.43 Å². The zero-order chi connectivity index (χ0) is 6.57. The van der Waals surface area contributed by atoms with Gasteiger partial charge in [-0.1, -0.05) is 28.2 Å². The Kier molecular flexibility index (Phi) is 7.92. The van der Waals surface area contributed by atoms with Crippen LogP contribution in [0.5, 0.6) is 0 Å². The SMILES string of the molecule is C.CC(C)C[C@@H](C)CO. The van der Waals surface area contributed by atoms with Gasteiger partial charge in [0.1, 0.15) is 0 Å². The van der Waals surface area contributed by atoms with Gasteiger partial charge in [-0.3, -0.25) is 0 Å². The van der Waals surface area contributed by atoms with Crippen molar-refractivity contribution in [2.45, 2.75) is 34.6 Å². The number of aliphatic hydroxyl groups excluding tert-OH is 1. The van der Waals surface area contributed by atoms with Crippen LogP contribution in [-0.2, 0) is 0 Å². The van der Waals surface area contributed by atoms with Crippen LogP contribution in [0.1, 0.15) is 34.6 Å². The fourth-order valence-corrected chi connectivity index (χ4v) is 0.879. The van der Waals surface area contributed by atoms with Crippen LogP contribution in [-0.4, -0.2) is 11.7 Å². The van der Waals surface area contributed by atoms with Gasteiger partial charge >= 0.3 is 0 Å². The molecular formula is C8H20O. The van der Waals surface area contributed by atoms with E-state index in [0.29, 0.717) is 12.5 Å². The highest BCUT2D eigenvalue weighted by Crippen LogP contribution is 2.08. The molecule has 0 unspecified atom stereocenters. The minimum absolute atomic E-state index is 0. The average molecular weight is 132 g/mol. The lowest BCUT2D eigenvalue weighted by Crippen LogP contribution is -2.03. The summed E-state index contributed by atoms with van der Waals surface area (Å²) in [5.74, 6) is 1.20. The van der Waals surface area contributed by atoms with Crippen molar-refractivity contribution in [3.63, 3.8) is 0 Å². The van der Waals surface area contributed by atoms with Gasteiger partial charge in [-0.2, -0.15) is 0 Å². The summed E-state index contributed by atoms with van der Waals surface area (Å²) >= 11 is 0. The summed E-state index contributed by atoms with van der Waals surface area (Å²) in [7, 11) is 0. The maximum atomic E-state index is 8.58. The monoisotopic (exact) mass is 132 g/mol. The normalized spacial score (nSPS) is 13.0. The van der Waals surface area contributed by atoms with Gasteiger partial charge in [0, 0.05) is 6.61 Å². The molecule has 0 amide bonds. The zero-order valence-corrected chi connectivity index (χ0v) is 6.02. The Bertz CT molecular complexity index is 50.5. The van der Waals surface area contributed by atoms with Gasteiger partial charge in [-0.05, 0) is 18.3 Å². The smallest absolute Gasteiger partial charge is 0.0456 e. The van der Waals surface area contributed by atoms with Crippen molar-refractivity contribution < 1.29 is 5.11 Å². The Hall–Kier alpha value is -0.0400. The summed E-state index contributed by atoms with van der Waals surface area (Å²) in [5.41, 5.74) is 0. The molecule has 0 aliphatic rings. The molecule has 0 saturated carbocycles. The van der Waals surface area contributed by atoms with Crippen LogP contribution in [0, 0.1) is 11.8 Å². The Labute approximate surface area is 59.1 Å². The van der Waals surface area contributed by atoms with Crippen LogP contribution < -0.4 is 0 Å². The first-order chi connectivity index (χ1) is 3.66. The van der Waals surface area contributed by atoms with Gasteiger partial charge in [-0.25, -0.2) is 0 Å². The summed E-state index contributed by atoms with van der Waals surface area (Å²) in [6.45, 7) is 6.75. The van der Waals surface area contributed by atoms with Gasteiger partial charge in [0.25, 0.3) is 0 Å². The predicted molar refractivity (Wildman–Crippen MR) is 42.4 cm³/mol. The van der Waals surface area contributed by atoms with Crippen LogP contribution >= 0.6 is 0 Å². The number of aliphatic hydroxyl groups is 1. The molecule has 0 rings (SSSR count). The highest BCUT2D eigenvalue weighted by Gasteiger charge is 2.01. The van der Waals surface area contributed by atoms with Crippen molar-refractivity contribution >= 4 is 0 Å². The molecule has 0 radical (unpaired) electrons. The van der Waals surface area contributed by atoms with E-state index in [1.165, 1.54) is 0 Å². The second-order valence-corrected chi connectivity index (χ2v) is 2.92. The van der Waals surface area contributed by atoms with E-state index in [2.05, 4.69) is 20.8 Å². The van der Waals surface area contributed by atoms with E-state index in [0.717, 1.165) is 12.3 Å². The van der Waals surface area contributed by atoms with Crippen molar-refractivity contribution in [2.24, 2.45) is 11.8 Å². The molecule has 1 heteroatoms. The van der Waals surface area contributed by atoms with Crippen LogP contribution in [0.25, 0.3) is 0 Å². The molecular weight excluding hydrogens is 112 g/mol. The van der Waals surface area contributed by atoms with E-state index in [4.69, 9.17) is 5.11 Å². The first-order valence-electron chi connectivity index (χ1n) is 3.27. The van der Waals surface area contributed by atoms with Crippen LogP contribution in [0.2, 0.25) is 0 Å². The van der Waals surface area contributed by atoms with Crippen molar-refractivity contribution in [3.8, 4) is 0 Å². The Morgan fingerprint density at radius 2 is 1.67 bits per heavy atom. The van der Waals surface area contributed by atoms with E-state index in [1.54, 1.807) is 0 Å². The molecule has 0 aliphatic heterocycles. The topological polar surface area (TPSA) is 20.2 Å². The van der Waals surface area contributed by atoms with Gasteiger partial charge < -0.3 is 5.11 Å². The van der Waals surface area contributed by atoms with E-state index >= 15 is 0 Å². The molecule has 1 nitrogen and oxygen atoms in total. The summed E-state index contributed by atoms with van der Waals surface area (Å²) in [6, 6.07) is 0. The first-order valence-corrected chi connectivity index (χ1v) is 3.27. The maximum absolute atomic E-state index is 8.58. The largest absolute Gasteiger partial charge is 0.396 e. The third-order valence-corrected chi connectivity index (χ3v) is 1.19. The minimum Gasteiger partial charge on any atom is -0.396 e. The van der Waals surface area contributed by atoms with E-state index < -0.39 is 0 Å². The predicted octanol–water partition coefficient (Wildman–Crippen LogP) is 2.30. The third-order valence-electron chi connectivity index (χ3n) is 1.19. The maximum Gasteiger partial charge on any atom is 0.0456 e. The summed E-state index contributed by atoms with van der Waals surface area (Å²) in [4.78, 5) is 0. The van der Waals surface area contributed by atoms with E-state index in [9.17, 15) is 0 Å². The van der Waals surface area contributed by atoms with Crippen molar-refractivity contribution in [1.82, 2.24) is 0 Å². The molecule has 0 aliphatic carbocycles. The van der Waals surface area contributed by atoms with Gasteiger partial charge in [0.15, 0.2) is 0 Å². The van der Waals surface area contributed by atoms with Crippen molar-refractivity contribution in [2.75, 3.05) is 6.61 Å². The average Bonchev–Trinajstić information content (AvgIpc) is 1.65. The Balaban J connectivity index is 0. The Morgan fingerprint density at radius 1 is 1.22 bits per heavy atom. The molecule has 0 aromatic carbocycles. The molecule has 9 heavy (non-hydrogen) atoms. The van der Waals surface area contributed by atoms with Gasteiger partial charge in [0.05, 0.1) is 0 Å². The van der Waals surface area contributed by atoms with Gasteiger partial charge in [-0.15, -0.1) is 0 Å². The second kappa shape index (κ2) is 6.09. The summed E-state index contributed by atoms with van der Waals surface area (Å²) in [5, 5.41) is 8.58. The molecule has 58 valence electrons. The third kappa shape index (κ3) is 7.96. The lowest BCUT2D eigenvalue weighted by Gasteiger charge is -2.08. The van der Waals surface area contributed by atoms with Crippen LogP contribution in [0.4, 0.5) is 0 Å². The molecule has 0 heterocycles. The quantitative estimate of drug-likeness (QED) is 0.624. The molecule has 0 aromatic heterocycles. The fourth-order valence-electron chi connectivity index (χ4n) is 0.879. The highest BCUT2D eigenvalue weighted by molar-refractivity contribution is 4.52. The number of rotatable bonds is 3. The lowest BCUT2D eigenvalue weighted by molar-refractivity contribution is 0.218. The molecule has 1 N–H and O–H groups in total. The number of hydrogen-bond acceptors (Lipinski definition) is 1. The van der Waals surface area contributed by atoms with E-state index in [1.807, 2.05) is 0 Å². The first kappa shape index (κ1) is 11.7. The standard InChI is InChI=1S/C7H16O.CH4/c1-6(2)4-7(3)5-8;/h6-8H,4-5H2,1-3H3;1H4/t7-;/m1./s1. The Morgan fingerprint density at radius 3 is 1.78 bits per heavy atom. The molecule has 0 saturated heterocycles. The molecule has 0 aromatic rings. The number of hydrogen-bond donors (Lipinski definition) is 1.